The topological polar surface area (TPSA) is 321 Å². The Morgan fingerprint density at radius 3 is 1.15 bits per heavy atom. The van der Waals surface area contributed by atoms with Crippen LogP contribution in [0.5, 0.6) is 0 Å². The van der Waals surface area contributed by atoms with Gasteiger partial charge in [-0.1, -0.05) is 0 Å². The Labute approximate surface area is 241 Å². The Morgan fingerprint density at radius 1 is 0.625 bits per heavy atom. The van der Waals surface area contributed by atoms with Gasteiger partial charge < -0.3 is 55.5 Å². The third-order valence-corrected chi connectivity index (χ3v) is 7.52. The molecular formula is C16H31N5O14P4Tc. The van der Waals surface area contributed by atoms with Crippen LogP contribution in [0, 0.1) is 0 Å². The number of nitrogens with two attached hydrogens (primary N) is 1. The molecule has 0 aliphatic heterocycles. The predicted molar refractivity (Wildman–Crippen MR) is 137 cm³/mol. The van der Waals surface area contributed by atoms with Gasteiger partial charge in [0.1, 0.15) is 25.1 Å². The van der Waals surface area contributed by atoms with E-state index in [4.69, 9.17) is 44.9 Å². The maximum absolute atomic E-state index is 12.5. The van der Waals surface area contributed by atoms with Gasteiger partial charge in [-0.15, -0.1) is 0 Å². The maximum Gasteiger partial charge on any atom is 0.339 e. The van der Waals surface area contributed by atoms with Crippen molar-refractivity contribution in [1.29, 1.82) is 0 Å². The zero-order chi connectivity index (χ0) is 30.2. The summed E-state index contributed by atoms with van der Waals surface area (Å²) in [6, 6.07) is 3.54. The van der Waals surface area contributed by atoms with Gasteiger partial charge in [0, 0.05) is 63.1 Å². The van der Waals surface area contributed by atoms with Gasteiger partial charge in [0.15, 0.2) is 0 Å². The van der Waals surface area contributed by atoms with Crippen molar-refractivity contribution in [2.24, 2.45) is 0 Å². The number of anilines is 1. The molecular weight excluding hydrogens is 709 g/mol. The van der Waals surface area contributed by atoms with E-state index < -0.39 is 67.3 Å². The molecule has 0 saturated carbocycles. The number of nitrogens with zero attached hydrogens (tertiary/aromatic N) is 2. The van der Waals surface area contributed by atoms with Gasteiger partial charge >= 0.3 is 30.4 Å². The number of carbonyl (C=O) groups excluding carboxylic acids is 2. The molecule has 40 heavy (non-hydrogen) atoms. The van der Waals surface area contributed by atoms with Crippen LogP contribution in [0.4, 0.5) is 5.69 Å². The number of nitrogens with one attached hydrogen (secondary N) is 2. The van der Waals surface area contributed by atoms with Crippen LogP contribution in [0.15, 0.2) is 18.2 Å². The van der Waals surface area contributed by atoms with Crippen LogP contribution in [0.2, 0.25) is 0 Å². The van der Waals surface area contributed by atoms with Crippen molar-refractivity contribution in [3.05, 3.63) is 29.3 Å². The molecule has 24 heteroatoms. The molecule has 19 nitrogen and oxygen atoms in total. The van der Waals surface area contributed by atoms with Gasteiger partial charge in [-0.2, -0.15) is 0 Å². The van der Waals surface area contributed by atoms with E-state index >= 15 is 0 Å². The van der Waals surface area contributed by atoms with E-state index in [1.165, 1.54) is 12.1 Å². The minimum atomic E-state index is -4.66. The van der Waals surface area contributed by atoms with Crippen molar-refractivity contribution in [1.82, 2.24) is 20.4 Å². The Morgan fingerprint density at radius 2 is 0.900 bits per heavy atom. The van der Waals surface area contributed by atoms with Gasteiger partial charge in [0.05, 0.1) is 0 Å². The molecule has 1 aromatic carbocycles. The fourth-order valence-corrected chi connectivity index (χ4v) is 6.55. The van der Waals surface area contributed by atoms with E-state index in [2.05, 4.69) is 10.6 Å². The molecule has 1 rings (SSSR count). The summed E-state index contributed by atoms with van der Waals surface area (Å²) in [5.41, 5.74) is 5.51. The Balaban J connectivity index is 0.0000152. The van der Waals surface area contributed by atoms with Crippen molar-refractivity contribution in [3.8, 4) is 0 Å². The van der Waals surface area contributed by atoms with Gasteiger partial charge in [-0.05, 0) is 18.2 Å². The van der Waals surface area contributed by atoms with Crippen LogP contribution in [0.3, 0.4) is 0 Å². The number of nitrogen functional groups attached to an aromatic ring is 1. The van der Waals surface area contributed by atoms with Crippen molar-refractivity contribution in [2.45, 2.75) is 0 Å². The zero-order valence-electron chi connectivity index (χ0n) is 20.6. The summed E-state index contributed by atoms with van der Waals surface area (Å²) in [5.74, 6) is -1.56. The second kappa shape index (κ2) is 16.1. The van der Waals surface area contributed by atoms with Crippen LogP contribution >= 0.6 is 30.4 Å². The first-order valence-electron chi connectivity index (χ1n) is 10.6. The van der Waals surface area contributed by atoms with Crippen LogP contribution in [-0.2, 0) is 38.4 Å². The summed E-state index contributed by atoms with van der Waals surface area (Å²) in [4.78, 5) is 99.2. The van der Waals surface area contributed by atoms with Gasteiger partial charge in [-0.25, -0.2) is 0 Å². The van der Waals surface area contributed by atoms with Crippen LogP contribution in [0.25, 0.3) is 0 Å². The molecule has 1 aromatic rings. The maximum atomic E-state index is 12.5. The third-order valence-electron chi connectivity index (χ3n) is 4.44. The molecule has 1 radical (unpaired) electrons. The number of carbonyl (C=O) groups is 2. The van der Waals surface area contributed by atoms with Crippen molar-refractivity contribution >= 4 is 47.9 Å². The first-order chi connectivity index (χ1) is 17.5. The summed E-state index contributed by atoms with van der Waals surface area (Å²) in [7, 11) is -18.6. The van der Waals surface area contributed by atoms with Gasteiger partial charge in [0.2, 0.25) is 0 Å². The van der Waals surface area contributed by atoms with Crippen LogP contribution in [-0.4, -0.2) is 112 Å². The molecule has 0 unspecified atom stereocenters. The molecule has 0 aromatic heterocycles. The van der Waals surface area contributed by atoms with Crippen molar-refractivity contribution in [3.63, 3.8) is 0 Å². The number of hydrogen-bond acceptors (Lipinski definition) is 9. The fraction of sp³-hybridized carbons (Fsp3) is 0.500. The monoisotopic (exact) mass is 740 g/mol. The third kappa shape index (κ3) is 18.5. The summed E-state index contributed by atoms with van der Waals surface area (Å²) in [6.45, 7) is -1.25. The SMILES string of the molecule is Nc1cc(C(=O)NCCN(CP(=O)(O)O)CP(=O)(O)O)cc(C(=O)NCCN(CP(=O)(O)O)CP(=O)(O)O)c1.[99Tc]. The molecule has 0 atom stereocenters. The van der Waals surface area contributed by atoms with E-state index in [9.17, 15) is 27.8 Å². The Bertz CT molecular complexity index is 1080. The molecule has 231 valence electrons. The molecule has 2 amide bonds. The zero-order valence-corrected chi connectivity index (χ0v) is 26.0. The van der Waals surface area contributed by atoms with Crippen LogP contribution < -0.4 is 16.4 Å². The summed E-state index contributed by atoms with van der Waals surface area (Å²) in [5, 5.41) is 4.74. The Hall–Kier alpha value is -0.871. The molecule has 0 spiro atoms. The molecule has 0 bridgehead atoms. The van der Waals surface area contributed by atoms with Gasteiger partial charge in [0.25, 0.3) is 11.8 Å². The van der Waals surface area contributed by atoms with E-state index in [1.807, 2.05) is 0 Å². The molecule has 0 heterocycles. The molecule has 0 aliphatic rings. The second-order valence-electron chi connectivity index (χ2n) is 8.37. The van der Waals surface area contributed by atoms with Crippen molar-refractivity contribution in [2.75, 3.05) is 57.1 Å². The minimum absolute atomic E-state index is 0. The largest absolute Gasteiger partial charge is 0.399 e. The fourth-order valence-electron chi connectivity index (χ4n) is 3.19. The summed E-state index contributed by atoms with van der Waals surface area (Å²) in [6.07, 6.45) is -3.85. The standard InChI is InChI=1S/C16H31N5O14P4.Tc/c17-14-6-12(15(22)18-1-3-20(8-36(24,25)26)9-37(27,28)29)5-13(7-14)16(23)19-2-4-21(10-38(30,31)32)11-39(33,34)35;/h5-7H,1-4,8-11,17H2,(H,18,22)(H,19,23)(H2,24,25,26)(H2,27,28,29)(H2,30,31,32)(H2,33,34,35);/i;1+1. The predicted octanol–water partition coefficient (Wildman–Crippen LogP) is -2.13. The molecule has 0 saturated heterocycles. The van der Waals surface area contributed by atoms with Crippen LogP contribution in [0.1, 0.15) is 20.7 Å². The molecule has 0 fully saturated rings. The number of amides is 2. The second-order valence-corrected chi connectivity index (χ2v) is 14.8. The summed E-state index contributed by atoms with van der Waals surface area (Å²) < 4.78 is 44.8. The average Bonchev–Trinajstić information content (AvgIpc) is 2.68. The van der Waals surface area contributed by atoms with Crippen molar-refractivity contribution < 1.29 is 87.1 Å². The number of hydrogen-bond donors (Lipinski definition) is 11. The first kappa shape index (κ1) is 39.1. The average molecular weight is 740 g/mol. The Kier molecular flexibility index (Phi) is 15.8. The van der Waals surface area contributed by atoms with E-state index in [0.29, 0.717) is 0 Å². The number of benzene rings is 1. The smallest absolute Gasteiger partial charge is 0.339 e. The quantitative estimate of drug-likeness (QED) is 0.0637. The summed E-state index contributed by atoms with van der Waals surface area (Å²) >= 11 is 0. The first-order valence-corrected chi connectivity index (χ1v) is 17.8. The van der Waals surface area contributed by atoms with E-state index in [1.54, 1.807) is 0 Å². The normalized spacial score (nSPS) is 12.8. The van der Waals surface area contributed by atoms with Gasteiger partial charge in [-0.3, -0.25) is 37.6 Å². The number of rotatable bonds is 16. The van der Waals surface area contributed by atoms with E-state index in [0.717, 1.165) is 15.9 Å². The van der Waals surface area contributed by atoms with E-state index in [-0.39, 0.29) is 63.1 Å². The minimum Gasteiger partial charge on any atom is -0.399 e. The molecule has 12 N–H and O–H groups in total. The molecule has 0 aliphatic carbocycles.